The van der Waals surface area contributed by atoms with Crippen LogP contribution in [-0.2, 0) is 20.7 Å². The SMILES string of the molecule is CC(C)(C)OC(=O)NC(Cc1c[nH]c2ccccc12)C(=O)NC1[C@H](CO)O[C@H](Nc2ncnc3nc[nH]c23)[C@@H](O)[C@@H]1O. The molecule has 2 unspecified atom stereocenters. The highest BCUT2D eigenvalue weighted by Crippen LogP contribution is 2.25. The van der Waals surface area contributed by atoms with Gasteiger partial charge in [-0.05, 0) is 32.4 Å². The number of aromatic amines is 2. The maximum Gasteiger partial charge on any atom is 0.408 e. The van der Waals surface area contributed by atoms with Gasteiger partial charge in [0.2, 0.25) is 5.91 Å². The molecule has 224 valence electrons. The molecular formula is C27H34N8O7. The number of H-pyrrole nitrogens is 2. The lowest BCUT2D eigenvalue weighted by atomic mass is 9.94. The zero-order chi connectivity index (χ0) is 30.0. The molecule has 0 aliphatic carbocycles. The van der Waals surface area contributed by atoms with E-state index in [1.54, 1.807) is 27.0 Å². The Hall–Kier alpha value is -4.31. The lowest BCUT2D eigenvalue weighted by Gasteiger charge is -2.43. The van der Waals surface area contributed by atoms with Crippen LogP contribution >= 0.6 is 0 Å². The topological polar surface area (TPSA) is 220 Å². The van der Waals surface area contributed by atoms with Gasteiger partial charge in [0.1, 0.15) is 41.8 Å². The summed E-state index contributed by atoms with van der Waals surface area (Å²) in [5, 5.41) is 41.1. The van der Waals surface area contributed by atoms with Crippen LogP contribution in [-0.4, -0.2) is 101 Å². The van der Waals surface area contributed by atoms with E-state index in [9.17, 15) is 24.9 Å². The van der Waals surface area contributed by atoms with Crippen molar-refractivity contribution in [2.75, 3.05) is 11.9 Å². The van der Waals surface area contributed by atoms with E-state index in [0.29, 0.717) is 11.2 Å². The molecule has 3 aromatic heterocycles. The third kappa shape index (κ3) is 6.28. The maximum absolute atomic E-state index is 13.6. The summed E-state index contributed by atoms with van der Waals surface area (Å²) in [4.78, 5) is 44.5. The van der Waals surface area contributed by atoms with E-state index in [2.05, 4.69) is 40.9 Å². The fraction of sp³-hybridized carbons (Fsp3) is 0.444. The number of alkyl carbamates (subject to hydrolysis) is 1. The zero-order valence-corrected chi connectivity index (χ0v) is 23.2. The molecule has 4 aromatic rings. The van der Waals surface area contributed by atoms with Crippen LogP contribution in [0.25, 0.3) is 22.1 Å². The largest absolute Gasteiger partial charge is 0.444 e. The molecule has 1 aliphatic rings. The first kappa shape index (κ1) is 29.2. The van der Waals surface area contributed by atoms with Gasteiger partial charge < -0.3 is 50.7 Å². The van der Waals surface area contributed by atoms with Crippen molar-refractivity contribution in [1.29, 1.82) is 0 Å². The van der Waals surface area contributed by atoms with Crippen molar-refractivity contribution < 1.29 is 34.4 Å². The van der Waals surface area contributed by atoms with Crippen LogP contribution in [0, 0.1) is 0 Å². The molecule has 5 rings (SSSR count). The van der Waals surface area contributed by atoms with Crippen LogP contribution in [0.4, 0.5) is 10.6 Å². The summed E-state index contributed by atoms with van der Waals surface area (Å²) in [5.41, 5.74) is 1.64. The lowest BCUT2D eigenvalue weighted by Crippen LogP contribution is -2.67. The van der Waals surface area contributed by atoms with Crippen LogP contribution in [0.3, 0.4) is 0 Å². The molecule has 8 N–H and O–H groups in total. The minimum absolute atomic E-state index is 0.0865. The van der Waals surface area contributed by atoms with Crippen molar-refractivity contribution in [3.05, 3.63) is 48.7 Å². The lowest BCUT2D eigenvalue weighted by molar-refractivity contribution is -0.185. The van der Waals surface area contributed by atoms with Crippen LogP contribution in [0.5, 0.6) is 0 Å². The van der Waals surface area contributed by atoms with Crippen molar-refractivity contribution in [2.45, 2.75) is 69.4 Å². The van der Waals surface area contributed by atoms with Crippen molar-refractivity contribution in [1.82, 2.24) is 35.6 Å². The molecule has 0 radical (unpaired) electrons. The number of fused-ring (bicyclic) bond motifs is 2. The number of hydrogen-bond acceptors (Lipinski definition) is 11. The molecular weight excluding hydrogens is 548 g/mol. The summed E-state index contributed by atoms with van der Waals surface area (Å²) in [6, 6.07) is 5.17. The molecule has 1 fully saturated rings. The molecule has 6 atom stereocenters. The Morgan fingerprint density at radius 1 is 1.12 bits per heavy atom. The Bertz CT molecular complexity index is 1550. The second kappa shape index (κ2) is 11.9. The summed E-state index contributed by atoms with van der Waals surface area (Å²) in [5.74, 6) is -0.418. The Kier molecular flexibility index (Phi) is 8.27. The van der Waals surface area contributed by atoms with Crippen molar-refractivity contribution in [3.8, 4) is 0 Å². The molecule has 15 nitrogen and oxygen atoms in total. The first-order valence-electron chi connectivity index (χ1n) is 13.4. The van der Waals surface area contributed by atoms with E-state index in [-0.39, 0.29) is 12.2 Å². The molecule has 42 heavy (non-hydrogen) atoms. The predicted molar refractivity (Wildman–Crippen MR) is 150 cm³/mol. The molecule has 2 amide bonds. The van der Waals surface area contributed by atoms with Gasteiger partial charge in [-0.3, -0.25) is 4.79 Å². The molecule has 1 saturated heterocycles. The third-order valence-electron chi connectivity index (χ3n) is 6.85. The highest BCUT2D eigenvalue weighted by molar-refractivity contribution is 5.88. The summed E-state index contributed by atoms with van der Waals surface area (Å²) < 4.78 is 11.2. The molecule has 0 saturated carbocycles. The highest BCUT2D eigenvalue weighted by atomic mass is 16.6. The number of benzene rings is 1. The van der Waals surface area contributed by atoms with Gasteiger partial charge in [0.15, 0.2) is 17.7 Å². The van der Waals surface area contributed by atoms with Gasteiger partial charge in [-0.25, -0.2) is 19.7 Å². The molecule has 0 spiro atoms. The monoisotopic (exact) mass is 582 g/mol. The molecule has 1 aliphatic heterocycles. The number of ether oxygens (including phenoxy) is 2. The van der Waals surface area contributed by atoms with Crippen LogP contribution in [0.15, 0.2) is 43.1 Å². The van der Waals surface area contributed by atoms with Gasteiger partial charge in [-0.1, -0.05) is 18.2 Å². The number of aliphatic hydroxyl groups excluding tert-OH is 3. The number of rotatable bonds is 8. The minimum atomic E-state index is -1.56. The fourth-order valence-electron chi connectivity index (χ4n) is 4.87. The van der Waals surface area contributed by atoms with E-state index >= 15 is 0 Å². The fourth-order valence-corrected chi connectivity index (χ4v) is 4.87. The van der Waals surface area contributed by atoms with Crippen LogP contribution in [0.2, 0.25) is 0 Å². The number of amides is 2. The number of nitrogens with one attached hydrogen (secondary N) is 5. The predicted octanol–water partition coefficient (Wildman–Crippen LogP) is 0.306. The number of carbonyl (C=O) groups is 2. The second-order valence-corrected chi connectivity index (χ2v) is 11.0. The van der Waals surface area contributed by atoms with Gasteiger partial charge in [-0.15, -0.1) is 0 Å². The standard InChI is InChI=1S/C27H34N8O7/c1-27(2,3)42-26(40)33-16(8-13-9-28-15-7-5-4-6-14(13)15)24(39)34-18-17(10-36)41-25(21(38)20(18)37)35-23-19-22(30-11-29-19)31-12-32-23/h4-7,9,11-12,16-18,20-21,25,28,36-38H,8,10H2,1-3H3,(H,33,40)(H,34,39)(H2,29,30,31,32,35)/t16?,17-,18?,20+,21-,25-/m0/s1. The number of nitrogens with zero attached hydrogens (tertiary/aromatic N) is 3. The molecule has 1 aromatic carbocycles. The van der Waals surface area contributed by atoms with Gasteiger partial charge in [0.25, 0.3) is 0 Å². The first-order chi connectivity index (χ1) is 20.0. The Balaban J connectivity index is 1.34. The normalized spacial score (nSPS) is 23.4. The van der Waals surface area contributed by atoms with Crippen LogP contribution < -0.4 is 16.0 Å². The number of hydrogen-bond donors (Lipinski definition) is 8. The number of aromatic nitrogens is 5. The van der Waals surface area contributed by atoms with Gasteiger partial charge >= 0.3 is 6.09 Å². The van der Waals surface area contributed by atoms with E-state index in [0.717, 1.165) is 16.5 Å². The molecule has 15 heteroatoms. The first-order valence-corrected chi connectivity index (χ1v) is 13.4. The van der Waals surface area contributed by atoms with E-state index in [1.807, 2.05) is 24.3 Å². The smallest absolute Gasteiger partial charge is 0.408 e. The van der Waals surface area contributed by atoms with Crippen molar-refractivity contribution in [2.24, 2.45) is 0 Å². The van der Waals surface area contributed by atoms with E-state index in [1.165, 1.54) is 12.7 Å². The molecule has 0 bridgehead atoms. The number of imidazole rings is 1. The summed E-state index contributed by atoms with van der Waals surface area (Å²) in [7, 11) is 0. The second-order valence-electron chi connectivity index (χ2n) is 11.0. The summed E-state index contributed by atoms with van der Waals surface area (Å²) >= 11 is 0. The highest BCUT2D eigenvalue weighted by Gasteiger charge is 2.46. The third-order valence-corrected chi connectivity index (χ3v) is 6.85. The van der Waals surface area contributed by atoms with Gasteiger partial charge in [0, 0.05) is 23.5 Å². The Morgan fingerprint density at radius 3 is 2.67 bits per heavy atom. The van der Waals surface area contributed by atoms with Crippen molar-refractivity contribution >= 4 is 39.9 Å². The number of anilines is 1. The van der Waals surface area contributed by atoms with Gasteiger partial charge in [0.05, 0.1) is 19.0 Å². The number of para-hydroxylation sites is 1. The Morgan fingerprint density at radius 2 is 1.90 bits per heavy atom. The molecule has 4 heterocycles. The van der Waals surface area contributed by atoms with Crippen molar-refractivity contribution in [3.63, 3.8) is 0 Å². The van der Waals surface area contributed by atoms with Gasteiger partial charge in [-0.2, -0.15) is 0 Å². The Labute approximate surface area is 240 Å². The van der Waals surface area contributed by atoms with E-state index in [4.69, 9.17) is 9.47 Å². The number of aliphatic hydroxyl groups is 3. The minimum Gasteiger partial charge on any atom is -0.444 e. The zero-order valence-electron chi connectivity index (χ0n) is 23.2. The maximum atomic E-state index is 13.6. The quantitative estimate of drug-likeness (QED) is 0.141. The number of carbonyl (C=O) groups excluding carboxylic acids is 2. The average molecular weight is 583 g/mol. The summed E-state index contributed by atoms with van der Waals surface area (Å²) in [6.07, 6.45) is -1.70. The van der Waals surface area contributed by atoms with E-state index < -0.39 is 60.8 Å². The summed E-state index contributed by atoms with van der Waals surface area (Å²) in [6.45, 7) is 4.51. The average Bonchev–Trinajstić information content (AvgIpc) is 3.59. The van der Waals surface area contributed by atoms with Crippen LogP contribution in [0.1, 0.15) is 26.3 Å².